The number of thiophene rings is 1. The van der Waals surface area contributed by atoms with E-state index in [0.29, 0.717) is 30.8 Å². The molecule has 1 aliphatic heterocycles. The van der Waals surface area contributed by atoms with Crippen molar-refractivity contribution in [3.63, 3.8) is 0 Å². The van der Waals surface area contributed by atoms with E-state index in [1.165, 1.54) is 20.3 Å². The molecule has 0 bridgehead atoms. The number of amides is 1. The topological polar surface area (TPSA) is 127 Å². The maximum atomic E-state index is 13.6. The first-order valence-electron chi connectivity index (χ1n) is 12.1. The smallest absolute Gasteiger partial charge is 0.268 e. The standard InChI is InChI=1S/C26H27N5O5S2/c1-36-20-11-9-18(10-12-20)16-23(26(32)28-33)30-17-21(27-29-30)22-8-5-15-31(22)38(34,35)25-14-13-24(37-25)19-6-3-2-4-7-19/h2-4,6-7,9-14,17,22-23,33H,5,8,15-16H2,1H3,(H,28,32)/t22-,23?/m0/s1. The largest absolute Gasteiger partial charge is 0.497 e. The van der Waals surface area contributed by atoms with Crippen LogP contribution in [0.3, 0.4) is 0 Å². The molecule has 1 saturated heterocycles. The maximum Gasteiger partial charge on any atom is 0.268 e. The fourth-order valence-corrected chi connectivity index (χ4v) is 7.73. The fourth-order valence-electron chi connectivity index (χ4n) is 4.62. The van der Waals surface area contributed by atoms with Crippen molar-refractivity contribution in [3.8, 4) is 16.2 Å². The number of ether oxygens (including phenoxy) is 1. The van der Waals surface area contributed by atoms with Crippen molar-refractivity contribution in [1.29, 1.82) is 0 Å². The van der Waals surface area contributed by atoms with E-state index in [0.717, 1.165) is 16.0 Å². The predicted molar refractivity (Wildman–Crippen MR) is 141 cm³/mol. The monoisotopic (exact) mass is 553 g/mol. The highest BCUT2D eigenvalue weighted by Crippen LogP contribution is 2.39. The zero-order chi connectivity index (χ0) is 26.7. The molecule has 3 heterocycles. The lowest BCUT2D eigenvalue weighted by Crippen LogP contribution is -2.32. The van der Waals surface area contributed by atoms with Crippen LogP contribution in [0.5, 0.6) is 5.75 Å². The molecule has 0 spiro atoms. The van der Waals surface area contributed by atoms with Crippen LogP contribution in [0.15, 0.2) is 77.1 Å². The van der Waals surface area contributed by atoms with Crippen LogP contribution < -0.4 is 10.2 Å². The molecule has 38 heavy (non-hydrogen) atoms. The van der Waals surface area contributed by atoms with Gasteiger partial charge in [0.1, 0.15) is 21.7 Å². The Labute approximate surface area is 224 Å². The van der Waals surface area contributed by atoms with E-state index in [1.54, 1.807) is 37.0 Å². The van der Waals surface area contributed by atoms with Crippen molar-refractivity contribution in [1.82, 2.24) is 24.8 Å². The highest BCUT2D eigenvalue weighted by atomic mass is 32.2. The van der Waals surface area contributed by atoms with Crippen LogP contribution in [0.4, 0.5) is 0 Å². The lowest BCUT2D eigenvalue weighted by molar-refractivity contribution is -0.133. The molecule has 1 amide bonds. The van der Waals surface area contributed by atoms with Crippen molar-refractivity contribution in [2.45, 2.75) is 35.6 Å². The van der Waals surface area contributed by atoms with Gasteiger partial charge in [-0.1, -0.05) is 47.7 Å². The van der Waals surface area contributed by atoms with Gasteiger partial charge in [-0.25, -0.2) is 18.6 Å². The van der Waals surface area contributed by atoms with Gasteiger partial charge in [-0.3, -0.25) is 10.0 Å². The molecule has 1 unspecified atom stereocenters. The minimum absolute atomic E-state index is 0.239. The van der Waals surface area contributed by atoms with Gasteiger partial charge in [0.15, 0.2) is 0 Å². The summed E-state index contributed by atoms with van der Waals surface area (Å²) in [5, 5.41) is 17.7. The number of nitrogens with zero attached hydrogens (tertiary/aromatic N) is 4. The summed E-state index contributed by atoms with van der Waals surface area (Å²) in [6.45, 7) is 0.366. The van der Waals surface area contributed by atoms with E-state index in [4.69, 9.17) is 4.74 Å². The van der Waals surface area contributed by atoms with Gasteiger partial charge >= 0.3 is 0 Å². The lowest BCUT2D eigenvalue weighted by atomic mass is 10.1. The highest BCUT2D eigenvalue weighted by Gasteiger charge is 2.39. The van der Waals surface area contributed by atoms with Gasteiger partial charge in [0.05, 0.1) is 19.3 Å². The Morgan fingerprint density at radius 2 is 1.92 bits per heavy atom. The Morgan fingerprint density at radius 1 is 1.16 bits per heavy atom. The summed E-state index contributed by atoms with van der Waals surface area (Å²) in [7, 11) is -2.20. The second-order valence-corrected chi connectivity index (χ2v) is 12.1. The molecule has 0 radical (unpaired) electrons. The second-order valence-electron chi connectivity index (χ2n) is 8.93. The molecule has 198 valence electrons. The third-order valence-corrected chi connectivity index (χ3v) is 10.1. The van der Waals surface area contributed by atoms with Crippen molar-refractivity contribution in [2.24, 2.45) is 0 Å². The van der Waals surface area contributed by atoms with Gasteiger partial charge < -0.3 is 4.74 Å². The molecule has 5 rings (SSSR count). The number of carbonyl (C=O) groups is 1. The van der Waals surface area contributed by atoms with Crippen LogP contribution in [0.1, 0.15) is 36.2 Å². The Bertz CT molecular complexity index is 1500. The van der Waals surface area contributed by atoms with Crippen LogP contribution in [-0.2, 0) is 21.2 Å². The van der Waals surface area contributed by atoms with Crippen molar-refractivity contribution < 1.29 is 23.2 Å². The number of sulfonamides is 1. The first-order chi connectivity index (χ1) is 18.4. The molecular formula is C26H27N5O5S2. The lowest BCUT2D eigenvalue weighted by Gasteiger charge is -2.21. The van der Waals surface area contributed by atoms with E-state index >= 15 is 0 Å². The van der Waals surface area contributed by atoms with Crippen molar-refractivity contribution in [3.05, 3.63) is 84.2 Å². The zero-order valence-electron chi connectivity index (χ0n) is 20.6. The predicted octanol–water partition coefficient (Wildman–Crippen LogP) is 3.83. The summed E-state index contributed by atoms with van der Waals surface area (Å²) in [5.74, 6) is 0.0318. The summed E-state index contributed by atoms with van der Waals surface area (Å²) in [6, 6.07) is 18.9. The first-order valence-corrected chi connectivity index (χ1v) is 14.3. The van der Waals surface area contributed by atoms with Crippen molar-refractivity contribution >= 4 is 27.3 Å². The fraction of sp³-hybridized carbons (Fsp3) is 0.269. The molecule has 1 aliphatic rings. The molecule has 4 aromatic rings. The van der Waals surface area contributed by atoms with Gasteiger partial charge in [0.25, 0.3) is 15.9 Å². The molecule has 2 aromatic heterocycles. The molecule has 1 fully saturated rings. The number of rotatable bonds is 9. The first kappa shape index (κ1) is 26.0. The van der Waals surface area contributed by atoms with Crippen LogP contribution in [0.25, 0.3) is 10.4 Å². The van der Waals surface area contributed by atoms with Crippen molar-refractivity contribution in [2.75, 3.05) is 13.7 Å². The van der Waals surface area contributed by atoms with E-state index in [1.807, 2.05) is 48.5 Å². The quantitative estimate of drug-likeness (QED) is 0.238. The summed E-state index contributed by atoms with van der Waals surface area (Å²) in [4.78, 5) is 13.4. The second kappa shape index (κ2) is 11.0. The normalized spacial score (nSPS) is 16.8. The number of benzene rings is 2. The zero-order valence-corrected chi connectivity index (χ0v) is 22.2. The third-order valence-electron chi connectivity index (χ3n) is 6.60. The van der Waals surface area contributed by atoms with Crippen LogP contribution >= 0.6 is 11.3 Å². The van der Waals surface area contributed by atoms with E-state index in [-0.39, 0.29) is 10.6 Å². The van der Waals surface area contributed by atoms with E-state index in [2.05, 4.69) is 10.3 Å². The summed E-state index contributed by atoms with van der Waals surface area (Å²) >= 11 is 1.24. The molecule has 2 N–H and O–H groups in total. The summed E-state index contributed by atoms with van der Waals surface area (Å²) in [6.07, 6.45) is 3.10. The molecule has 0 aliphatic carbocycles. The Morgan fingerprint density at radius 3 is 2.63 bits per heavy atom. The number of aromatic nitrogens is 3. The van der Waals surface area contributed by atoms with Crippen LogP contribution in [0, 0.1) is 0 Å². The molecule has 10 nitrogen and oxygen atoms in total. The van der Waals surface area contributed by atoms with E-state index in [9.17, 15) is 18.4 Å². The maximum absolute atomic E-state index is 13.6. The van der Waals surface area contributed by atoms with Gasteiger partial charge in [0, 0.05) is 17.8 Å². The minimum Gasteiger partial charge on any atom is -0.497 e. The average Bonchev–Trinajstić information content (AvgIpc) is 3.73. The molecule has 0 saturated carbocycles. The average molecular weight is 554 g/mol. The summed E-state index contributed by atoms with van der Waals surface area (Å²) < 4.78 is 35.5. The molecular weight excluding hydrogens is 526 g/mol. The third kappa shape index (κ3) is 5.20. The van der Waals surface area contributed by atoms with Gasteiger partial charge in [0.2, 0.25) is 0 Å². The Balaban J connectivity index is 1.38. The Kier molecular flexibility index (Phi) is 7.56. The van der Waals surface area contributed by atoms with Crippen LogP contribution in [-0.4, -0.2) is 52.5 Å². The number of hydrogen-bond donors (Lipinski definition) is 2. The molecule has 2 atom stereocenters. The number of methoxy groups -OCH3 is 1. The number of hydroxylamine groups is 1. The number of carbonyl (C=O) groups excluding carboxylic acids is 1. The Hall–Kier alpha value is -3.58. The number of hydrogen-bond acceptors (Lipinski definition) is 8. The van der Waals surface area contributed by atoms with Crippen LogP contribution in [0.2, 0.25) is 0 Å². The van der Waals surface area contributed by atoms with Gasteiger partial charge in [-0.2, -0.15) is 4.31 Å². The summed E-state index contributed by atoms with van der Waals surface area (Å²) in [5.41, 5.74) is 3.94. The SMILES string of the molecule is COc1ccc(CC(C(=O)NO)n2cc([C@@H]3CCCN3S(=O)(=O)c3ccc(-c4ccccc4)s3)nn2)cc1. The highest BCUT2D eigenvalue weighted by molar-refractivity contribution is 7.91. The molecule has 12 heteroatoms. The molecule has 2 aromatic carbocycles. The number of nitrogens with one attached hydrogen (secondary N) is 1. The van der Waals surface area contributed by atoms with Gasteiger partial charge in [-0.15, -0.1) is 16.4 Å². The van der Waals surface area contributed by atoms with E-state index < -0.39 is 28.0 Å². The van der Waals surface area contributed by atoms with Gasteiger partial charge in [-0.05, 0) is 48.2 Å². The minimum atomic E-state index is -3.77.